The zero-order chi connectivity index (χ0) is 14.3. The maximum Gasteiger partial charge on any atom is 0.282 e. The van der Waals surface area contributed by atoms with Gasteiger partial charge in [0.25, 0.3) is 10.0 Å². The number of aryl methyl sites for hydroxylation is 1. The maximum absolute atomic E-state index is 12.5. The minimum Gasteiger partial charge on any atom is -0.371 e. The topological polar surface area (TPSA) is 93.3 Å². The number of sulfonamides is 1. The van der Waals surface area contributed by atoms with Crippen LogP contribution >= 0.6 is 11.3 Å². The van der Waals surface area contributed by atoms with Crippen LogP contribution in [0.25, 0.3) is 4.96 Å². The van der Waals surface area contributed by atoms with Crippen molar-refractivity contribution in [2.24, 2.45) is 7.05 Å². The summed E-state index contributed by atoms with van der Waals surface area (Å²) in [7, 11) is -0.431. The fourth-order valence-electron chi connectivity index (χ4n) is 1.84. The van der Waals surface area contributed by atoms with E-state index in [1.807, 2.05) is 0 Å². The first-order valence-electron chi connectivity index (χ1n) is 5.67. The molecule has 8 nitrogen and oxygen atoms in total. The van der Waals surface area contributed by atoms with E-state index in [4.69, 9.17) is 0 Å². The molecule has 0 atom stereocenters. The molecular formula is C10H12N6O2S2. The molecule has 0 aromatic carbocycles. The number of fused-ring (bicyclic) bond motifs is 1. The molecule has 0 spiro atoms. The van der Waals surface area contributed by atoms with Gasteiger partial charge in [-0.3, -0.25) is 13.8 Å². The number of anilines is 2. The summed E-state index contributed by atoms with van der Waals surface area (Å²) in [6, 6.07) is 1.59. The molecule has 0 saturated carbocycles. The van der Waals surface area contributed by atoms with Crippen LogP contribution in [0.1, 0.15) is 0 Å². The molecule has 0 aliphatic heterocycles. The Balaban J connectivity index is 2.10. The van der Waals surface area contributed by atoms with E-state index in [0.717, 1.165) is 0 Å². The van der Waals surface area contributed by atoms with E-state index in [2.05, 4.69) is 20.1 Å². The van der Waals surface area contributed by atoms with Crippen LogP contribution in [0.15, 0.2) is 28.9 Å². The normalized spacial score (nSPS) is 11.9. The molecule has 3 heterocycles. The first-order chi connectivity index (χ1) is 9.51. The number of hydrogen-bond donors (Lipinski definition) is 2. The van der Waals surface area contributed by atoms with Crippen molar-refractivity contribution in [1.82, 2.24) is 19.2 Å². The molecule has 0 fully saturated rings. The molecule has 0 radical (unpaired) electrons. The standard InChI is InChI=1S/C10H12N6O2S2/c1-11-8-9(16-5-6-19-10(16)12-8)20(17,18)14-7-3-4-15(2)13-7/h3-6,11H,1-2H3,(H,13,14). The lowest BCUT2D eigenvalue weighted by atomic mass is 10.7. The van der Waals surface area contributed by atoms with Crippen molar-refractivity contribution in [2.45, 2.75) is 5.03 Å². The second kappa shape index (κ2) is 4.49. The van der Waals surface area contributed by atoms with E-state index in [1.54, 1.807) is 37.9 Å². The predicted molar refractivity (Wildman–Crippen MR) is 76.6 cm³/mol. The largest absolute Gasteiger partial charge is 0.371 e. The number of hydrogen-bond acceptors (Lipinski definition) is 6. The molecule has 0 aliphatic carbocycles. The number of imidazole rings is 1. The molecule has 3 aromatic heterocycles. The Labute approximate surface area is 119 Å². The Hall–Kier alpha value is -2.07. The quantitative estimate of drug-likeness (QED) is 0.749. The van der Waals surface area contributed by atoms with Crippen LogP contribution in [0.3, 0.4) is 0 Å². The number of rotatable bonds is 4. The Bertz CT molecular complexity index is 859. The third kappa shape index (κ3) is 2.02. The van der Waals surface area contributed by atoms with E-state index >= 15 is 0 Å². The number of aromatic nitrogens is 4. The van der Waals surface area contributed by atoms with Crippen molar-refractivity contribution >= 4 is 38.0 Å². The summed E-state index contributed by atoms with van der Waals surface area (Å²) in [5.74, 6) is 0.569. The van der Waals surface area contributed by atoms with E-state index in [0.29, 0.717) is 10.8 Å². The average Bonchev–Trinajstić information content (AvgIpc) is 3.02. The summed E-state index contributed by atoms with van der Waals surface area (Å²) >= 11 is 1.36. The Morgan fingerprint density at radius 3 is 2.80 bits per heavy atom. The van der Waals surface area contributed by atoms with Gasteiger partial charge in [-0.25, -0.2) is 4.98 Å². The third-order valence-corrected chi connectivity index (χ3v) is 4.80. The molecule has 10 heteroatoms. The molecule has 0 bridgehead atoms. The zero-order valence-corrected chi connectivity index (χ0v) is 12.4. The van der Waals surface area contributed by atoms with Gasteiger partial charge in [-0.2, -0.15) is 13.5 Å². The second-order valence-corrected chi connectivity index (χ2v) is 6.52. The van der Waals surface area contributed by atoms with Crippen molar-refractivity contribution in [1.29, 1.82) is 0 Å². The summed E-state index contributed by atoms with van der Waals surface area (Å²) in [6.45, 7) is 0. The van der Waals surface area contributed by atoms with Crippen molar-refractivity contribution in [3.8, 4) is 0 Å². The van der Waals surface area contributed by atoms with Crippen LogP contribution in [0, 0.1) is 0 Å². The molecule has 2 N–H and O–H groups in total. The summed E-state index contributed by atoms with van der Waals surface area (Å²) < 4.78 is 30.5. The monoisotopic (exact) mass is 312 g/mol. The Morgan fingerprint density at radius 2 is 2.15 bits per heavy atom. The highest BCUT2D eigenvalue weighted by Gasteiger charge is 2.26. The third-order valence-electron chi connectivity index (χ3n) is 2.66. The minimum absolute atomic E-state index is 0.0712. The average molecular weight is 312 g/mol. The number of nitrogens with zero attached hydrogens (tertiary/aromatic N) is 4. The van der Waals surface area contributed by atoms with Crippen molar-refractivity contribution < 1.29 is 8.42 Å². The molecule has 0 saturated heterocycles. The highest BCUT2D eigenvalue weighted by molar-refractivity contribution is 7.92. The number of nitrogens with one attached hydrogen (secondary N) is 2. The van der Waals surface area contributed by atoms with Gasteiger partial charge in [0.1, 0.15) is 0 Å². The van der Waals surface area contributed by atoms with Crippen LogP contribution in [0.2, 0.25) is 0 Å². The molecule has 0 unspecified atom stereocenters. The lowest BCUT2D eigenvalue weighted by Gasteiger charge is -2.06. The van der Waals surface area contributed by atoms with E-state index in [-0.39, 0.29) is 10.8 Å². The van der Waals surface area contributed by atoms with Gasteiger partial charge < -0.3 is 5.32 Å². The summed E-state index contributed by atoms with van der Waals surface area (Å²) in [6.07, 6.45) is 3.33. The minimum atomic E-state index is -3.78. The summed E-state index contributed by atoms with van der Waals surface area (Å²) in [4.78, 5) is 4.84. The van der Waals surface area contributed by atoms with Crippen molar-refractivity contribution in [3.63, 3.8) is 0 Å². The first kappa shape index (κ1) is 12.9. The van der Waals surface area contributed by atoms with Gasteiger partial charge >= 0.3 is 0 Å². The molecular weight excluding hydrogens is 300 g/mol. The summed E-state index contributed by atoms with van der Waals surface area (Å²) in [5.41, 5.74) is 0. The van der Waals surface area contributed by atoms with Crippen molar-refractivity contribution in [3.05, 3.63) is 23.8 Å². The van der Waals surface area contributed by atoms with Gasteiger partial charge in [0.2, 0.25) is 5.03 Å². The highest BCUT2D eigenvalue weighted by atomic mass is 32.2. The van der Waals surface area contributed by atoms with E-state index in [1.165, 1.54) is 20.4 Å². The zero-order valence-electron chi connectivity index (χ0n) is 10.7. The molecule has 0 amide bonds. The molecule has 20 heavy (non-hydrogen) atoms. The van der Waals surface area contributed by atoms with Gasteiger partial charge in [-0.1, -0.05) is 0 Å². The van der Waals surface area contributed by atoms with Gasteiger partial charge in [0.15, 0.2) is 16.6 Å². The van der Waals surface area contributed by atoms with Gasteiger partial charge in [-0.05, 0) is 0 Å². The van der Waals surface area contributed by atoms with Crippen LogP contribution < -0.4 is 10.0 Å². The van der Waals surface area contributed by atoms with Crippen LogP contribution in [-0.2, 0) is 17.1 Å². The van der Waals surface area contributed by atoms with E-state index in [9.17, 15) is 8.42 Å². The predicted octanol–water partition coefficient (Wildman–Crippen LogP) is 0.972. The smallest absolute Gasteiger partial charge is 0.282 e. The van der Waals surface area contributed by atoms with Crippen LogP contribution in [-0.4, -0.2) is 34.6 Å². The van der Waals surface area contributed by atoms with Crippen LogP contribution in [0.4, 0.5) is 11.6 Å². The lowest BCUT2D eigenvalue weighted by Crippen LogP contribution is -2.16. The fourth-order valence-corrected chi connectivity index (χ4v) is 3.90. The summed E-state index contributed by atoms with van der Waals surface area (Å²) in [5, 5.41) is 8.66. The molecule has 3 rings (SSSR count). The second-order valence-electron chi connectivity index (χ2n) is 4.05. The van der Waals surface area contributed by atoms with E-state index < -0.39 is 10.0 Å². The first-order valence-corrected chi connectivity index (χ1v) is 8.03. The molecule has 0 aliphatic rings. The molecule has 106 valence electrons. The fraction of sp³-hybridized carbons (Fsp3) is 0.200. The van der Waals surface area contributed by atoms with Gasteiger partial charge in [-0.15, -0.1) is 11.3 Å². The molecule has 3 aromatic rings. The van der Waals surface area contributed by atoms with Gasteiger partial charge in [0, 0.05) is 37.9 Å². The maximum atomic E-state index is 12.5. The van der Waals surface area contributed by atoms with Gasteiger partial charge in [0.05, 0.1) is 0 Å². The number of thiazole rings is 1. The SMILES string of the molecule is CNc1nc2sccn2c1S(=O)(=O)Nc1ccn(C)n1. The van der Waals surface area contributed by atoms with Crippen LogP contribution in [0.5, 0.6) is 0 Å². The van der Waals surface area contributed by atoms with Crippen molar-refractivity contribution in [2.75, 3.05) is 17.1 Å². The Morgan fingerprint density at radius 1 is 1.35 bits per heavy atom. The highest BCUT2D eigenvalue weighted by Crippen LogP contribution is 2.26. The lowest BCUT2D eigenvalue weighted by molar-refractivity contribution is 0.596. The Kier molecular flexibility index (Phi) is 2.91.